The Morgan fingerprint density at radius 1 is 1.24 bits per heavy atom. The van der Waals surface area contributed by atoms with Crippen molar-refractivity contribution < 1.29 is 14.3 Å². The van der Waals surface area contributed by atoms with E-state index in [1.54, 1.807) is 6.20 Å². The summed E-state index contributed by atoms with van der Waals surface area (Å²) in [4.78, 5) is 19.3. The fourth-order valence-electron chi connectivity index (χ4n) is 4.89. The predicted octanol–water partition coefficient (Wildman–Crippen LogP) is 4.84. The third-order valence-corrected chi connectivity index (χ3v) is 7.08. The van der Waals surface area contributed by atoms with E-state index < -0.39 is 0 Å². The van der Waals surface area contributed by atoms with Crippen LogP contribution in [-0.4, -0.2) is 50.1 Å². The summed E-state index contributed by atoms with van der Waals surface area (Å²) in [7, 11) is 0. The van der Waals surface area contributed by atoms with Gasteiger partial charge in [-0.2, -0.15) is 0 Å². The molecular weight excluding hydrogens is 466 g/mol. The maximum Gasteiger partial charge on any atom is 0.306 e. The molecule has 37 heavy (non-hydrogen) atoms. The highest BCUT2D eigenvalue weighted by Crippen LogP contribution is 2.30. The van der Waals surface area contributed by atoms with Crippen molar-refractivity contribution >= 4 is 5.97 Å². The van der Waals surface area contributed by atoms with Gasteiger partial charge in [-0.1, -0.05) is 30.3 Å². The largest absolute Gasteiger partial charge is 0.489 e. The molecule has 0 fully saturated rings. The highest BCUT2D eigenvalue weighted by molar-refractivity contribution is 5.70. The smallest absolute Gasteiger partial charge is 0.306 e. The van der Waals surface area contributed by atoms with Crippen LogP contribution in [0, 0.1) is 6.92 Å². The van der Waals surface area contributed by atoms with E-state index in [4.69, 9.17) is 9.47 Å². The Morgan fingerprint density at radius 3 is 2.86 bits per heavy atom. The topological polar surface area (TPSA) is 82.4 Å². The maximum absolute atomic E-state index is 12.5. The lowest BCUT2D eigenvalue weighted by atomic mass is 9.88. The SMILES string of the molecule is CCOC(=O)CC(CCc1cn(CC)nn1)c1ccc(C)c(CN2Cc3cnccc3O[C@H](CC)C2)c1. The maximum atomic E-state index is 12.5. The number of carbonyl (C=O) groups excluding carboxylic acids is 1. The van der Waals surface area contributed by atoms with Crippen molar-refractivity contribution in [2.24, 2.45) is 0 Å². The number of nitrogens with zero attached hydrogens (tertiary/aromatic N) is 5. The van der Waals surface area contributed by atoms with Gasteiger partial charge in [0.05, 0.1) is 18.7 Å². The van der Waals surface area contributed by atoms with Gasteiger partial charge in [-0.3, -0.25) is 19.4 Å². The van der Waals surface area contributed by atoms with Crippen molar-refractivity contribution in [3.8, 4) is 5.75 Å². The number of aryl methyl sites for hydroxylation is 3. The van der Waals surface area contributed by atoms with Gasteiger partial charge >= 0.3 is 5.97 Å². The summed E-state index contributed by atoms with van der Waals surface area (Å²) in [6.07, 6.45) is 8.70. The predicted molar refractivity (Wildman–Crippen MR) is 142 cm³/mol. The summed E-state index contributed by atoms with van der Waals surface area (Å²) >= 11 is 0. The van der Waals surface area contributed by atoms with E-state index in [0.717, 1.165) is 68.0 Å². The zero-order valence-corrected chi connectivity index (χ0v) is 22.5. The molecule has 0 aliphatic carbocycles. The molecular formula is C29H39N5O3. The molecule has 8 nitrogen and oxygen atoms in total. The molecule has 1 unspecified atom stereocenters. The highest BCUT2D eigenvalue weighted by Gasteiger charge is 2.24. The van der Waals surface area contributed by atoms with Crippen LogP contribution in [0.5, 0.6) is 5.75 Å². The number of benzene rings is 1. The Kier molecular flexibility index (Phi) is 9.28. The normalized spacial score (nSPS) is 16.5. The molecule has 4 rings (SSSR count). The Balaban J connectivity index is 1.54. The zero-order valence-electron chi connectivity index (χ0n) is 22.5. The Hall–Kier alpha value is -3.26. The van der Waals surface area contributed by atoms with Crippen LogP contribution in [0.1, 0.15) is 73.9 Å². The minimum absolute atomic E-state index is 0.0472. The second kappa shape index (κ2) is 12.8. The second-order valence-electron chi connectivity index (χ2n) is 9.80. The Labute approximate surface area is 220 Å². The summed E-state index contributed by atoms with van der Waals surface area (Å²) in [5.74, 6) is 0.821. The second-order valence-corrected chi connectivity index (χ2v) is 9.80. The van der Waals surface area contributed by atoms with E-state index in [1.807, 2.05) is 37.0 Å². The van der Waals surface area contributed by atoms with Crippen molar-refractivity contribution in [3.63, 3.8) is 0 Å². The molecule has 1 aliphatic rings. The van der Waals surface area contributed by atoms with Crippen LogP contribution in [-0.2, 0) is 35.6 Å². The van der Waals surface area contributed by atoms with Gasteiger partial charge in [0.1, 0.15) is 11.9 Å². The molecule has 0 amide bonds. The molecule has 0 spiro atoms. The number of hydrogen-bond donors (Lipinski definition) is 0. The van der Waals surface area contributed by atoms with Crippen molar-refractivity contribution in [3.05, 3.63) is 70.8 Å². The molecule has 1 aromatic carbocycles. The third-order valence-electron chi connectivity index (χ3n) is 7.08. The van der Waals surface area contributed by atoms with Gasteiger partial charge in [0.15, 0.2) is 0 Å². The number of esters is 1. The molecule has 2 atom stereocenters. The lowest BCUT2D eigenvalue weighted by molar-refractivity contribution is -0.143. The first-order chi connectivity index (χ1) is 18.0. The van der Waals surface area contributed by atoms with Crippen molar-refractivity contribution in [2.45, 2.75) is 85.0 Å². The summed E-state index contributed by atoms with van der Waals surface area (Å²) in [5.41, 5.74) is 5.74. The van der Waals surface area contributed by atoms with Crippen LogP contribution in [0.3, 0.4) is 0 Å². The molecule has 0 radical (unpaired) electrons. The average molecular weight is 506 g/mol. The van der Waals surface area contributed by atoms with E-state index in [9.17, 15) is 4.79 Å². The number of rotatable bonds is 11. The minimum Gasteiger partial charge on any atom is -0.489 e. The Bertz CT molecular complexity index is 1180. The van der Waals surface area contributed by atoms with E-state index in [1.165, 1.54) is 11.1 Å². The molecule has 0 N–H and O–H groups in total. The van der Waals surface area contributed by atoms with Crippen molar-refractivity contribution in [1.29, 1.82) is 0 Å². The average Bonchev–Trinajstić information content (AvgIpc) is 3.28. The molecule has 0 bridgehead atoms. The van der Waals surface area contributed by atoms with E-state index in [0.29, 0.717) is 13.0 Å². The number of fused-ring (bicyclic) bond motifs is 1. The lowest BCUT2D eigenvalue weighted by Crippen LogP contribution is -2.32. The number of ether oxygens (including phenoxy) is 2. The van der Waals surface area contributed by atoms with E-state index >= 15 is 0 Å². The van der Waals surface area contributed by atoms with Crippen LogP contribution in [0.25, 0.3) is 0 Å². The first-order valence-electron chi connectivity index (χ1n) is 13.4. The number of hydrogen-bond acceptors (Lipinski definition) is 7. The summed E-state index contributed by atoms with van der Waals surface area (Å²) < 4.78 is 13.4. The summed E-state index contributed by atoms with van der Waals surface area (Å²) in [6.45, 7) is 11.9. The fraction of sp³-hybridized carbons (Fsp3) is 0.517. The highest BCUT2D eigenvalue weighted by atomic mass is 16.5. The van der Waals surface area contributed by atoms with Crippen molar-refractivity contribution in [2.75, 3.05) is 13.2 Å². The first kappa shape index (κ1) is 26.8. The molecule has 2 aromatic heterocycles. The van der Waals surface area contributed by atoms with Gasteiger partial charge in [0, 0.05) is 50.3 Å². The number of pyridine rings is 1. The molecule has 1 aliphatic heterocycles. The van der Waals surface area contributed by atoms with E-state index in [2.05, 4.69) is 52.2 Å². The van der Waals surface area contributed by atoms with Gasteiger partial charge in [0.2, 0.25) is 0 Å². The molecule has 3 aromatic rings. The van der Waals surface area contributed by atoms with Crippen LogP contribution in [0.15, 0.2) is 42.9 Å². The van der Waals surface area contributed by atoms with Crippen LogP contribution < -0.4 is 4.74 Å². The van der Waals surface area contributed by atoms with Crippen LogP contribution >= 0.6 is 0 Å². The molecule has 3 heterocycles. The minimum atomic E-state index is -0.161. The van der Waals surface area contributed by atoms with Gasteiger partial charge in [-0.15, -0.1) is 5.10 Å². The molecule has 0 saturated heterocycles. The van der Waals surface area contributed by atoms with Gasteiger partial charge in [-0.05, 0) is 68.7 Å². The summed E-state index contributed by atoms with van der Waals surface area (Å²) in [6, 6.07) is 8.58. The van der Waals surface area contributed by atoms with E-state index in [-0.39, 0.29) is 18.0 Å². The van der Waals surface area contributed by atoms with Crippen LogP contribution in [0.4, 0.5) is 0 Å². The molecule has 0 saturated carbocycles. The monoisotopic (exact) mass is 505 g/mol. The quantitative estimate of drug-likeness (QED) is 0.345. The number of aromatic nitrogens is 4. The summed E-state index contributed by atoms with van der Waals surface area (Å²) in [5, 5.41) is 8.45. The fourth-order valence-corrected chi connectivity index (χ4v) is 4.89. The standard InChI is InChI=1S/C29H39N5O3/c1-5-27-20-33(18-25-16-30-13-12-28(25)37-27)17-24-14-22(9-8-21(24)4)23(15-29(35)36-7-3)10-11-26-19-34(6-2)32-31-26/h8-9,12-14,16,19,23,27H,5-7,10-11,15,17-18,20H2,1-4H3/t23?,27-/m1/s1. The Morgan fingerprint density at radius 2 is 2.11 bits per heavy atom. The third kappa shape index (κ3) is 7.16. The van der Waals surface area contributed by atoms with Crippen molar-refractivity contribution in [1.82, 2.24) is 24.9 Å². The lowest BCUT2D eigenvalue weighted by Gasteiger charge is -2.25. The van der Waals surface area contributed by atoms with Gasteiger partial charge in [0.25, 0.3) is 0 Å². The van der Waals surface area contributed by atoms with Crippen LogP contribution in [0.2, 0.25) is 0 Å². The molecule has 8 heteroatoms. The number of carbonyl (C=O) groups is 1. The van der Waals surface area contributed by atoms with Gasteiger partial charge < -0.3 is 9.47 Å². The first-order valence-corrected chi connectivity index (χ1v) is 13.4. The zero-order chi connectivity index (χ0) is 26.2. The molecule has 198 valence electrons. The van der Waals surface area contributed by atoms with Gasteiger partial charge in [-0.25, -0.2) is 0 Å².